The zero-order valence-corrected chi connectivity index (χ0v) is 15.2. The van der Waals surface area contributed by atoms with E-state index in [1.807, 2.05) is 6.07 Å². The summed E-state index contributed by atoms with van der Waals surface area (Å²) < 4.78 is 0. The average Bonchev–Trinajstić information content (AvgIpc) is 3.16. The van der Waals surface area contributed by atoms with Gasteiger partial charge in [-0.25, -0.2) is 4.79 Å². The summed E-state index contributed by atoms with van der Waals surface area (Å²) in [6.07, 6.45) is 4.46. The topological polar surface area (TPSA) is 87.3 Å². The average molecular weight is 369 g/mol. The van der Waals surface area contributed by atoms with Crippen molar-refractivity contribution in [3.8, 4) is 0 Å². The number of urea groups is 1. The first-order valence-electron chi connectivity index (χ1n) is 8.63. The molecule has 2 aromatic rings. The summed E-state index contributed by atoms with van der Waals surface area (Å²) in [5.41, 5.74) is 1.36. The van der Waals surface area contributed by atoms with Gasteiger partial charge in [0.1, 0.15) is 5.54 Å². The monoisotopic (exact) mass is 369 g/mol. The molecule has 1 aromatic carbocycles. The van der Waals surface area contributed by atoms with Crippen molar-refractivity contribution >= 4 is 34.9 Å². The van der Waals surface area contributed by atoms with Crippen LogP contribution in [0, 0.1) is 0 Å². The summed E-state index contributed by atoms with van der Waals surface area (Å²) in [5.74, 6) is -0.552. The third-order valence-corrected chi connectivity index (χ3v) is 6.20. The van der Waals surface area contributed by atoms with E-state index >= 15 is 0 Å². The number of benzene rings is 1. The van der Waals surface area contributed by atoms with Crippen LogP contribution < -0.4 is 16.0 Å². The highest BCUT2D eigenvalue weighted by Crippen LogP contribution is 2.31. The Morgan fingerprint density at radius 3 is 2.73 bits per heavy atom. The number of hydrogen-bond acceptors (Lipinski definition) is 4. The van der Waals surface area contributed by atoms with E-state index in [1.165, 1.54) is 23.3 Å². The maximum atomic E-state index is 12.6. The number of aryl methyl sites for hydroxylation is 2. The van der Waals surface area contributed by atoms with Crippen LogP contribution in [0.1, 0.15) is 45.4 Å². The Balaban J connectivity index is 1.56. The van der Waals surface area contributed by atoms with Crippen molar-refractivity contribution in [1.29, 1.82) is 0 Å². The highest BCUT2D eigenvalue weighted by Gasteiger charge is 2.43. The number of imide groups is 1. The molecule has 4 rings (SSSR count). The molecule has 0 spiro atoms. The number of rotatable bonds is 3. The molecule has 26 heavy (non-hydrogen) atoms. The highest BCUT2D eigenvalue weighted by molar-refractivity contribution is 7.14. The summed E-state index contributed by atoms with van der Waals surface area (Å²) in [6.45, 7) is 1.64. The molecular formula is C19H19N3O3S. The van der Waals surface area contributed by atoms with Gasteiger partial charge in [0, 0.05) is 10.6 Å². The summed E-state index contributed by atoms with van der Waals surface area (Å²) in [5, 5.41) is 7.78. The number of carbonyl (C=O) groups excluding carboxylic acids is 3. The molecule has 7 heteroatoms. The van der Waals surface area contributed by atoms with Crippen molar-refractivity contribution in [2.45, 2.75) is 38.1 Å². The van der Waals surface area contributed by atoms with Crippen molar-refractivity contribution in [1.82, 2.24) is 10.6 Å². The summed E-state index contributed by atoms with van der Waals surface area (Å²) in [7, 11) is 0. The number of carbonyl (C=O) groups is 3. The lowest BCUT2D eigenvalue weighted by atomic mass is 9.92. The van der Waals surface area contributed by atoms with Crippen LogP contribution in [0.2, 0.25) is 0 Å². The first kappa shape index (κ1) is 16.8. The quantitative estimate of drug-likeness (QED) is 0.727. The lowest BCUT2D eigenvalue weighted by Gasteiger charge is -2.21. The third-order valence-electron chi connectivity index (χ3n) is 4.96. The predicted molar refractivity (Wildman–Crippen MR) is 99.4 cm³/mol. The number of amides is 4. The number of anilines is 1. The lowest BCUT2D eigenvalue weighted by molar-refractivity contribution is -0.123. The van der Waals surface area contributed by atoms with Gasteiger partial charge in [0.05, 0.1) is 4.88 Å². The smallest absolute Gasteiger partial charge is 0.321 e. The molecule has 1 fully saturated rings. The summed E-state index contributed by atoms with van der Waals surface area (Å²) in [6, 6.07) is 8.47. The Kier molecular flexibility index (Phi) is 4.03. The maximum absolute atomic E-state index is 12.6. The van der Waals surface area contributed by atoms with Crippen molar-refractivity contribution in [3.05, 3.63) is 51.2 Å². The highest BCUT2D eigenvalue weighted by atomic mass is 32.1. The molecule has 1 unspecified atom stereocenters. The fourth-order valence-electron chi connectivity index (χ4n) is 3.45. The van der Waals surface area contributed by atoms with Gasteiger partial charge in [0.25, 0.3) is 11.8 Å². The molecule has 2 heterocycles. The molecule has 1 aliphatic carbocycles. The van der Waals surface area contributed by atoms with Crippen LogP contribution in [0.15, 0.2) is 30.3 Å². The lowest BCUT2D eigenvalue weighted by Crippen LogP contribution is -2.40. The van der Waals surface area contributed by atoms with E-state index in [-0.39, 0.29) is 5.91 Å². The predicted octanol–water partition coefficient (Wildman–Crippen LogP) is 2.93. The second-order valence-electron chi connectivity index (χ2n) is 6.83. The molecule has 6 nitrogen and oxygen atoms in total. The number of hydrogen-bond donors (Lipinski definition) is 3. The molecule has 3 N–H and O–H groups in total. The van der Waals surface area contributed by atoms with E-state index in [0.717, 1.165) is 12.8 Å². The molecule has 1 aliphatic heterocycles. The van der Waals surface area contributed by atoms with E-state index in [0.29, 0.717) is 16.1 Å². The van der Waals surface area contributed by atoms with E-state index < -0.39 is 17.5 Å². The van der Waals surface area contributed by atoms with Crippen molar-refractivity contribution in [2.75, 3.05) is 5.32 Å². The molecule has 1 atom stereocenters. The molecule has 0 saturated carbocycles. The van der Waals surface area contributed by atoms with Crippen molar-refractivity contribution in [3.63, 3.8) is 0 Å². The molecule has 134 valence electrons. The molecule has 1 aromatic heterocycles. The minimum absolute atomic E-state index is 0.147. The number of thiophene rings is 1. The van der Waals surface area contributed by atoms with Crippen LogP contribution in [0.4, 0.5) is 10.5 Å². The normalized spacial score (nSPS) is 21.7. The van der Waals surface area contributed by atoms with E-state index in [9.17, 15) is 14.4 Å². The first-order chi connectivity index (χ1) is 12.5. The molecule has 0 bridgehead atoms. The molecular weight excluding hydrogens is 350 g/mol. The van der Waals surface area contributed by atoms with E-state index in [4.69, 9.17) is 0 Å². The van der Waals surface area contributed by atoms with Gasteiger partial charge in [-0.2, -0.15) is 0 Å². The SMILES string of the molecule is CC1(c2cccc(NC(=O)c3cc4c(s3)CCCC4)c2)NC(=O)NC1=O. The van der Waals surface area contributed by atoms with Crippen molar-refractivity contribution < 1.29 is 14.4 Å². The van der Waals surface area contributed by atoms with Crippen LogP contribution in [0.3, 0.4) is 0 Å². The minimum Gasteiger partial charge on any atom is -0.321 e. The van der Waals surface area contributed by atoms with Gasteiger partial charge in [-0.05, 0) is 61.9 Å². The van der Waals surface area contributed by atoms with Gasteiger partial charge in [-0.15, -0.1) is 11.3 Å². The fraction of sp³-hybridized carbons (Fsp3) is 0.316. The Hall–Kier alpha value is -2.67. The van der Waals surface area contributed by atoms with Gasteiger partial charge >= 0.3 is 6.03 Å². The van der Waals surface area contributed by atoms with Crippen LogP contribution in [0.5, 0.6) is 0 Å². The Bertz CT molecular complexity index is 897. The van der Waals surface area contributed by atoms with Crippen LogP contribution >= 0.6 is 11.3 Å². The molecule has 2 aliphatic rings. The van der Waals surface area contributed by atoms with E-state index in [1.54, 1.807) is 42.5 Å². The fourth-order valence-corrected chi connectivity index (χ4v) is 4.60. The third kappa shape index (κ3) is 2.88. The second-order valence-corrected chi connectivity index (χ2v) is 7.97. The van der Waals surface area contributed by atoms with Gasteiger partial charge < -0.3 is 10.6 Å². The van der Waals surface area contributed by atoms with Gasteiger partial charge in [0.15, 0.2) is 0 Å². The molecule has 0 radical (unpaired) electrons. The Morgan fingerprint density at radius 2 is 2.00 bits per heavy atom. The maximum Gasteiger partial charge on any atom is 0.322 e. The minimum atomic E-state index is -1.14. The Morgan fingerprint density at radius 1 is 1.19 bits per heavy atom. The molecule has 4 amide bonds. The standard InChI is InChI=1S/C19H19N3O3S/c1-19(17(24)21-18(25)22-19)12-6-4-7-13(10-12)20-16(23)15-9-11-5-2-3-8-14(11)26-15/h4,6-7,9-10H,2-3,5,8H2,1H3,(H,20,23)(H2,21,22,24,25). The largest absolute Gasteiger partial charge is 0.322 e. The van der Waals surface area contributed by atoms with Gasteiger partial charge in [-0.1, -0.05) is 12.1 Å². The number of fused-ring (bicyclic) bond motifs is 1. The van der Waals surface area contributed by atoms with Crippen molar-refractivity contribution in [2.24, 2.45) is 0 Å². The second kappa shape index (κ2) is 6.25. The molecule has 1 saturated heterocycles. The first-order valence-corrected chi connectivity index (χ1v) is 9.44. The van der Waals surface area contributed by atoms with Gasteiger partial charge in [0.2, 0.25) is 0 Å². The van der Waals surface area contributed by atoms with E-state index in [2.05, 4.69) is 16.0 Å². The zero-order valence-electron chi connectivity index (χ0n) is 14.3. The Labute approximate surface area is 155 Å². The summed E-state index contributed by atoms with van der Waals surface area (Å²) >= 11 is 1.56. The van der Waals surface area contributed by atoms with Crippen LogP contribution in [0.25, 0.3) is 0 Å². The zero-order chi connectivity index (χ0) is 18.3. The number of nitrogens with one attached hydrogen (secondary N) is 3. The van der Waals surface area contributed by atoms with Crippen LogP contribution in [-0.2, 0) is 23.2 Å². The van der Waals surface area contributed by atoms with Gasteiger partial charge in [-0.3, -0.25) is 14.9 Å². The summed E-state index contributed by atoms with van der Waals surface area (Å²) in [4.78, 5) is 38.2. The van der Waals surface area contributed by atoms with Crippen LogP contribution in [-0.4, -0.2) is 17.8 Å².